The molecule has 3 nitrogen and oxygen atoms in total. The molecule has 0 atom stereocenters. The van der Waals surface area contributed by atoms with Crippen LogP contribution in [-0.2, 0) is 11.2 Å². The number of carbonyl (C=O) groups is 1. The molecule has 0 spiro atoms. The molecule has 1 aromatic rings. The number of hydrazine groups is 1. The average molecular weight is 257 g/mol. The summed E-state index contributed by atoms with van der Waals surface area (Å²) in [5.41, 5.74) is 7.53. The SMILES string of the molecule is CCc1ccc(Br)cc1NNC(C)=O. The predicted octanol–water partition coefficient (Wildman–Crippen LogP) is 2.47. The monoisotopic (exact) mass is 256 g/mol. The van der Waals surface area contributed by atoms with E-state index in [9.17, 15) is 4.79 Å². The van der Waals surface area contributed by atoms with Crippen LogP contribution in [0.15, 0.2) is 22.7 Å². The number of hydrogen-bond acceptors (Lipinski definition) is 2. The summed E-state index contributed by atoms with van der Waals surface area (Å²) in [7, 11) is 0. The largest absolute Gasteiger partial charge is 0.298 e. The zero-order chi connectivity index (χ0) is 10.6. The van der Waals surface area contributed by atoms with Crippen molar-refractivity contribution in [2.75, 3.05) is 5.43 Å². The first-order chi connectivity index (χ1) is 6.63. The van der Waals surface area contributed by atoms with Gasteiger partial charge in [-0.1, -0.05) is 28.9 Å². The van der Waals surface area contributed by atoms with Gasteiger partial charge in [-0.3, -0.25) is 15.6 Å². The van der Waals surface area contributed by atoms with Gasteiger partial charge in [0.15, 0.2) is 0 Å². The van der Waals surface area contributed by atoms with Crippen LogP contribution in [0.3, 0.4) is 0 Å². The average Bonchev–Trinajstić information content (AvgIpc) is 2.15. The summed E-state index contributed by atoms with van der Waals surface area (Å²) < 4.78 is 0.988. The first kappa shape index (κ1) is 11.0. The van der Waals surface area contributed by atoms with Gasteiger partial charge in [-0.15, -0.1) is 0 Å². The number of benzene rings is 1. The molecule has 1 rings (SSSR count). The molecular weight excluding hydrogens is 244 g/mol. The van der Waals surface area contributed by atoms with Gasteiger partial charge in [0.25, 0.3) is 0 Å². The van der Waals surface area contributed by atoms with Gasteiger partial charge < -0.3 is 0 Å². The van der Waals surface area contributed by atoms with Crippen LogP contribution in [0.5, 0.6) is 0 Å². The Bertz CT molecular complexity index is 339. The fourth-order valence-corrected chi connectivity index (χ4v) is 1.49. The van der Waals surface area contributed by atoms with Crippen LogP contribution in [0.2, 0.25) is 0 Å². The van der Waals surface area contributed by atoms with E-state index >= 15 is 0 Å². The van der Waals surface area contributed by atoms with Gasteiger partial charge in [0, 0.05) is 11.4 Å². The molecule has 76 valence electrons. The molecule has 1 aromatic carbocycles. The fraction of sp³-hybridized carbons (Fsp3) is 0.300. The summed E-state index contributed by atoms with van der Waals surface area (Å²) >= 11 is 3.38. The van der Waals surface area contributed by atoms with E-state index in [1.54, 1.807) is 0 Å². The van der Waals surface area contributed by atoms with Crippen molar-refractivity contribution in [1.29, 1.82) is 0 Å². The van der Waals surface area contributed by atoms with E-state index < -0.39 is 0 Å². The van der Waals surface area contributed by atoms with E-state index in [1.165, 1.54) is 12.5 Å². The second-order valence-electron chi connectivity index (χ2n) is 2.96. The summed E-state index contributed by atoms with van der Waals surface area (Å²) in [6.45, 7) is 3.54. The van der Waals surface area contributed by atoms with E-state index in [0.717, 1.165) is 16.6 Å². The molecule has 0 aliphatic carbocycles. The summed E-state index contributed by atoms with van der Waals surface area (Å²) in [4.78, 5) is 10.7. The highest BCUT2D eigenvalue weighted by Gasteiger charge is 2.01. The number of anilines is 1. The second kappa shape index (κ2) is 5.00. The highest BCUT2D eigenvalue weighted by Crippen LogP contribution is 2.21. The number of nitrogens with one attached hydrogen (secondary N) is 2. The van der Waals surface area contributed by atoms with Crippen molar-refractivity contribution < 1.29 is 4.79 Å². The molecule has 2 N–H and O–H groups in total. The molecule has 4 heteroatoms. The van der Waals surface area contributed by atoms with Crippen molar-refractivity contribution in [3.63, 3.8) is 0 Å². The fourth-order valence-electron chi connectivity index (χ4n) is 1.13. The highest BCUT2D eigenvalue weighted by molar-refractivity contribution is 9.10. The molecule has 0 saturated carbocycles. The lowest BCUT2D eigenvalue weighted by molar-refractivity contribution is -0.118. The Kier molecular flexibility index (Phi) is 3.95. The predicted molar refractivity (Wildman–Crippen MR) is 61.0 cm³/mol. The van der Waals surface area contributed by atoms with Crippen LogP contribution in [0.25, 0.3) is 0 Å². The van der Waals surface area contributed by atoms with Crippen molar-refractivity contribution in [2.45, 2.75) is 20.3 Å². The molecule has 0 fully saturated rings. The number of rotatable bonds is 3. The third kappa shape index (κ3) is 3.03. The summed E-state index contributed by atoms with van der Waals surface area (Å²) in [6, 6.07) is 5.95. The van der Waals surface area contributed by atoms with Gasteiger partial charge in [-0.05, 0) is 24.1 Å². The lowest BCUT2D eigenvalue weighted by Crippen LogP contribution is -2.27. The van der Waals surface area contributed by atoms with Crippen molar-refractivity contribution in [3.05, 3.63) is 28.2 Å². The van der Waals surface area contributed by atoms with E-state index in [0.29, 0.717) is 0 Å². The smallest absolute Gasteiger partial charge is 0.235 e. The Morgan fingerprint density at radius 2 is 2.21 bits per heavy atom. The molecule has 0 bridgehead atoms. The van der Waals surface area contributed by atoms with Gasteiger partial charge in [0.05, 0.1) is 5.69 Å². The summed E-state index contributed by atoms with van der Waals surface area (Å²) in [5, 5.41) is 0. The normalized spacial score (nSPS) is 9.64. The van der Waals surface area contributed by atoms with E-state index in [-0.39, 0.29) is 5.91 Å². The molecule has 0 aliphatic heterocycles. The lowest BCUT2D eigenvalue weighted by atomic mass is 10.1. The zero-order valence-corrected chi connectivity index (χ0v) is 9.81. The second-order valence-corrected chi connectivity index (χ2v) is 3.88. The highest BCUT2D eigenvalue weighted by atomic mass is 79.9. The van der Waals surface area contributed by atoms with Gasteiger partial charge in [0.1, 0.15) is 0 Å². The van der Waals surface area contributed by atoms with Crippen LogP contribution in [-0.4, -0.2) is 5.91 Å². The summed E-state index contributed by atoms with van der Waals surface area (Å²) in [6.07, 6.45) is 0.926. The number of carbonyl (C=O) groups excluding carboxylic acids is 1. The minimum atomic E-state index is -0.105. The Hall–Kier alpha value is -1.03. The van der Waals surface area contributed by atoms with Crippen LogP contribution in [0, 0.1) is 0 Å². The van der Waals surface area contributed by atoms with Crippen LogP contribution in [0.4, 0.5) is 5.69 Å². The van der Waals surface area contributed by atoms with Crippen molar-refractivity contribution >= 4 is 27.5 Å². The Labute approximate surface area is 92.0 Å². The molecule has 0 radical (unpaired) electrons. The number of aryl methyl sites for hydroxylation is 1. The van der Waals surface area contributed by atoms with E-state index in [2.05, 4.69) is 33.7 Å². The molecule has 0 aromatic heterocycles. The summed E-state index contributed by atoms with van der Waals surface area (Å²) in [5.74, 6) is -0.105. The number of hydrogen-bond donors (Lipinski definition) is 2. The Morgan fingerprint density at radius 1 is 1.50 bits per heavy atom. The van der Waals surface area contributed by atoms with E-state index in [1.807, 2.05) is 18.2 Å². The quantitative estimate of drug-likeness (QED) is 0.817. The van der Waals surface area contributed by atoms with Crippen LogP contribution in [0.1, 0.15) is 19.4 Å². The maximum absolute atomic E-state index is 10.7. The molecule has 14 heavy (non-hydrogen) atoms. The third-order valence-electron chi connectivity index (χ3n) is 1.83. The van der Waals surface area contributed by atoms with Crippen molar-refractivity contribution in [3.8, 4) is 0 Å². The van der Waals surface area contributed by atoms with Gasteiger partial charge in [-0.25, -0.2) is 0 Å². The van der Waals surface area contributed by atoms with E-state index in [4.69, 9.17) is 0 Å². The van der Waals surface area contributed by atoms with Gasteiger partial charge >= 0.3 is 0 Å². The maximum Gasteiger partial charge on any atom is 0.235 e. The zero-order valence-electron chi connectivity index (χ0n) is 8.23. The minimum Gasteiger partial charge on any atom is -0.298 e. The maximum atomic E-state index is 10.7. The first-order valence-corrected chi connectivity index (χ1v) is 5.23. The van der Waals surface area contributed by atoms with Crippen molar-refractivity contribution in [2.24, 2.45) is 0 Å². The van der Waals surface area contributed by atoms with Crippen LogP contribution >= 0.6 is 15.9 Å². The molecular formula is C10H13BrN2O. The molecule has 1 amide bonds. The Morgan fingerprint density at radius 3 is 2.79 bits per heavy atom. The molecule has 0 saturated heterocycles. The minimum absolute atomic E-state index is 0.105. The Balaban J connectivity index is 2.82. The van der Waals surface area contributed by atoms with Gasteiger partial charge in [-0.2, -0.15) is 0 Å². The first-order valence-electron chi connectivity index (χ1n) is 4.44. The van der Waals surface area contributed by atoms with Crippen molar-refractivity contribution in [1.82, 2.24) is 5.43 Å². The topological polar surface area (TPSA) is 41.1 Å². The molecule has 0 heterocycles. The lowest BCUT2D eigenvalue weighted by Gasteiger charge is -2.11. The van der Waals surface area contributed by atoms with Gasteiger partial charge in [0.2, 0.25) is 5.91 Å². The molecule has 0 aliphatic rings. The number of amides is 1. The number of halogens is 1. The molecule has 0 unspecified atom stereocenters. The standard InChI is InChI=1S/C10H13BrN2O/c1-3-8-4-5-9(11)6-10(8)13-12-7(2)14/h4-6,13H,3H2,1-2H3,(H,12,14). The van der Waals surface area contributed by atoms with Crippen LogP contribution < -0.4 is 10.9 Å². The third-order valence-corrected chi connectivity index (χ3v) is 2.32.